The molecule has 0 bridgehead atoms. The predicted octanol–water partition coefficient (Wildman–Crippen LogP) is 2.87. The fraction of sp³-hybridized carbons (Fsp3) is 0.350. The van der Waals surface area contributed by atoms with Gasteiger partial charge in [0.05, 0.1) is 13.2 Å². The van der Waals surface area contributed by atoms with Crippen LogP contribution >= 0.6 is 0 Å². The highest BCUT2D eigenvalue weighted by atomic mass is 16.5. The summed E-state index contributed by atoms with van der Waals surface area (Å²) in [5, 5.41) is 9.71. The molecule has 132 valence electrons. The van der Waals surface area contributed by atoms with E-state index in [4.69, 9.17) is 9.47 Å². The number of nitrogens with zero attached hydrogens (tertiary/aromatic N) is 1. The van der Waals surface area contributed by atoms with E-state index in [0.717, 1.165) is 29.9 Å². The van der Waals surface area contributed by atoms with Crippen LogP contribution in [0.5, 0.6) is 11.5 Å². The Morgan fingerprint density at radius 1 is 1.12 bits per heavy atom. The summed E-state index contributed by atoms with van der Waals surface area (Å²) in [5.41, 5.74) is 1.63. The summed E-state index contributed by atoms with van der Waals surface area (Å²) in [6.45, 7) is 1.56. The predicted molar refractivity (Wildman–Crippen MR) is 94.9 cm³/mol. The molecule has 1 atom stereocenters. The van der Waals surface area contributed by atoms with Gasteiger partial charge in [0.15, 0.2) is 0 Å². The summed E-state index contributed by atoms with van der Waals surface area (Å²) in [5.74, 6) is 1.53. The Labute approximate surface area is 147 Å². The molecule has 0 spiro atoms. The van der Waals surface area contributed by atoms with E-state index in [1.807, 2.05) is 48.5 Å². The van der Waals surface area contributed by atoms with Gasteiger partial charge in [0.2, 0.25) is 0 Å². The third-order valence-corrected chi connectivity index (χ3v) is 4.35. The van der Waals surface area contributed by atoms with E-state index in [0.29, 0.717) is 25.3 Å². The number of hydrogen-bond donors (Lipinski definition) is 1. The van der Waals surface area contributed by atoms with Crippen LogP contribution in [0.25, 0.3) is 0 Å². The van der Waals surface area contributed by atoms with Gasteiger partial charge < -0.3 is 19.5 Å². The standard InChI is InChI=1S/C20H23NO4/c1-24-18-8-10-19(11-9-18)25-14-15-4-6-16(7-5-15)20(23)21-12-2-3-17(22)13-21/h4-11,17,22H,2-3,12-14H2,1H3/t17-/m1/s1. The molecule has 1 saturated heterocycles. The molecule has 1 aliphatic rings. The van der Waals surface area contributed by atoms with Gasteiger partial charge in [-0.1, -0.05) is 12.1 Å². The molecule has 1 N–H and O–H groups in total. The zero-order valence-electron chi connectivity index (χ0n) is 14.4. The van der Waals surface area contributed by atoms with Gasteiger partial charge in [-0.2, -0.15) is 0 Å². The van der Waals surface area contributed by atoms with Gasteiger partial charge >= 0.3 is 0 Å². The molecule has 5 nitrogen and oxygen atoms in total. The lowest BCUT2D eigenvalue weighted by Gasteiger charge is -2.30. The highest BCUT2D eigenvalue weighted by molar-refractivity contribution is 5.94. The summed E-state index contributed by atoms with van der Waals surface area (Å²) in [6, 6.07) is 14.9. The van der Waals surface area contributed by atoms with Crippen LogP contribution in [0, 0.1) is 0 Å². The van der Waals surface area contributed by atoms with Crippen molar-refractivity contribution >= 4 is 5.91 Å². The van der Waals surface area contributed by atoms with Gasteiger partial charge in [-0.05, 0) is 54.8 Å². The van der Waals surface area contributed by atoms with Gasteiger partial charge in [-0.25, -0.2) is 0 Å². The van der Waals surface area contributed by atoms with Gasteiger partial charge in [0, 0.05) is 18.7 Å². The minimum Gasteiger partial charge on any atom is -0.497 e. The maximum absolute atomic E-state index is 12.5. The highest BCUT2D eigenvalue weighted by Crippen LogP contribution is 2.19. The van der Waals surface area contributed by atoms with E-state index in [1.54, 1.807) is 12.0 Å². The second-order valence-corrected chi connectivity index (χ2v) is 6.21. The van der Waals surface area contributed by atoms with Crippen molar-refractivity contribution in [1.82, 2.24) is 4.90 Å². The van der Waals surface area contributed by atoms with Crippen molar-refractivity contribution in [2.45, 2.75) is 25.6 Å². The Morgan fingerprint density at radius 2 is 1.80 bits per heavy atom. The molecule has 0 saturated carbocycles. The number of hydrogen-bond acceptors (Lipinski definition) is 4. The Kier molecular flexibility index (Phi) is 5.56. The molecule has 2 aromatic rings. The van der Waals surface area contributed by atoms with Crippen LogP contribution in [0.15, 0.2) is 48.5 Å². The first-order valence-electron chi connectivity index (χ1n) is 8.49. The zero-order valence-corrected chi connectivity index (χ0v) is 14.4. The molecular formula is C20H23NO4. The summed E-state index contributed by atoms with van der Waals surface area (Å²) in [6.07, 6.45) is 1.21. The van der Waals surface area contributed by atoms with E-state index in [-0.39, 0.29) is 5.91 Å². The van der Waals surface area contributed by atoms with Crippen LogP contribution in [0.1, 0.15) is 28.8 Å². The molecule has 0 unspecified atom stereocenters. The number of aliphatic hydroxyl groups is 1. The van der Waals surface area contributed by atoms with E-state index in [9.17, 15) is 9.90 Å². The smallest absolute Gasteiger partial charge is 0.253 e. The van der Waals surface area contributed by atoms with Crippen LogP contribution in [0.3, 0.4) is 0 Å². The first-order chi connectivity index (χ1) is 12.2. The molecule has 3 rings (SSSR count). The number of carbonyl (C=O) groups excluding carboxylic acids is 1. The molecule has 1 fully saturated rings. The molecule has 5 heteroatoms. The number of β-amino-alcohol motifs (C(OH)–C–C–N with tert-alkyl or cyclic N) is 1. The van der Waals surface area contributed by atoms with E-state index in [2.05, 4.69) is 0 Å². The van der Waals surface area contributed by atoms with Gasteiger partial charge in [0.1, 0.15) is 18.1 Å². The number of carbonyl (C=O) groups is 1. The summed E-state index contributed by atoms with van der Waals surface area (Å²) in [7, 11) is 1.63. The van der Waals surface area contributed by atoms with E-state index >= 15 is 0 Å². The maximum atomic E-state index is 12.5. The third-order valence-electron chi connectivity index (χ3n) is 4.35. The topological polar surface area (TPSA) is 59.0 Å². The SMILES string of the molecule is COc1ccc(OCc2ccc(C(=O)N3CCC[C@@H](O)C3)cc2)cc1. The number of amides is 1. The lowest BCUT2D eigenvalue weighted by molar-refractivity contribution is 0.0473. The van der Waals surface area contributed by atoms with Crippen molar-refractivity contribution < 1.29 is 19.4 Å². The van der Waals surface area contributed by atoms with Crippen molar-refractivity contribution in [2.24, 2.45) is 0 Å². The fourth-order valence-electron chi connectivity index (χ4n) is 2.90. The molecule has 25 heavy (non-hydrogen) atoms. The van der Waals surface area contributed by atoms with Gasteiger partial charge in [-0.3, -0.25) is 4.79 Å². The van der Waals surface area contributed by atoms with Crippen molar-refractivity contribution in [1.29, 1.82) is 0 Å². The number of piperidine rings is 1. The molecule has 0 radical (unpaired) electrons. The van der Waals surface area contributed by atoms with Crippen LogP contribution in [0.4, 0.5) is 0 Å². The molecule has 0 aliphatic carbocycles. The van der Waals surface area contributed by atoms with Crippen molar-refractivity contribution in [2.75, 3.05) is 20.2 Å². The Morgan fingerprint density at radius 3 is 2.44 bits per heavy atom. The Balaban J connectivity index is 1.57. The second kappa shape index (κ2) is 8.03. The van der Waals surface area contributed by atoms with Gasteiger partial charge in [-0.15, -0.1) is 0 Å². The molecule has 1 aliphatic heterocycles. The average molecular weight is 341 g/mol. The first kappa shape index (κ1) is 17.3. The molecular weight excluding hydrogens is 318 g/mol. The average Bonchev–Trinajstić information content (AvgIpc) is 2.66. The summed E-state index contributed by atoms with van der Waals surface area (Å²) < 4.78 is 10.9. The second-order valence-electron chi connectivity index (χ2n) is 6.21. The number of aliphatic hydroxyl groups excluding tert-OH is 1. The number of benzene rings is 2. The lowest BCUT2D eigenvalue weighted by atomic mass is 10.1. The minimum atomic E-state index is -0.408. The summed E-state index contributed by atoms with van der Waals surface area (Å²) in [4.78, 5) is 14.2. The van der Waals surface area contributed by atoms with Crippen LogP contribution in [-0.2, 0) is 6.61 Å². The number of ether oxygens (including phenoxy) is 2. The fourth-order valence-corrected chi connectivity index (χ4v) is 2.90. The first-order valence-corrected chi connectivity index (χ1v) is 8.49. The number of methoxy groups -OCH3 is 1. The lowest BCUT2D eigenvalue weighted by Crippen LogP contribution is -2.42. The highest BCUT2D eigenvalue weighted by Gasteiger charge is 2.22. The van der Waals surface area contributed by atoms with Crippen molar-refractivity contribution in [3.63, 3.8) is 0 Å². The van der Waals surface area contributed by atoms with Crippen LogP contribution in [0.2, 0.25) is 0 Å². The molecule has 1 amide bonds. The number of rotatable bonds is 5. The Bertz CT molecular complexity index is 697. The van der Waals surface area contributed by atoms with Crippen molar-refractivity contribution in [3.8, 4) is 11.5 Å². The largest absolute Gasteiger partial charge is 0.497 e. The molecule has 1 heterocycles. The quantitative estimate of drug-likeness (QED) is 0.908. The Hall–Kier alpha value is -2.53. The minimum absolute atomic E-state index is 0.0265. The molecule has 0 aromatic heterocycles. The monoisotopic (exact) mass is 341 g/mol. The molecule has 2 aromatic carbocycles. The van der Waals surface area contributed by atoms with E-state index < -0.39 is 6.10 Å². The van der Waals surface area contributed by atoms with Crippen LogP contribution < -0.4 is 9.47 Å². The zero-order chi connectivity index (χ0) is 17.6. The van der Waals surface area contributed by atoms with Crippen molar-refractivity contribution in [3.05, 3.63) is 59.7 Å². The maximum Gasteiger partial charge on any atom is 0.253 e. The summed E-state index contributed by atoms with van der Waals surface area (Å²) >= 11 is 0. The van der Waals surface area contributed by atoms with Crippen LogP contribution in [-0.4, -0.2) is 42.2 Å². The van der Waals surface area contributed by atoms with Gasteiger partial charge in [0.25, 0.3) is 5.91 Å². The van der Waals surface area contributed by atoms with E-state index in [1.165, 1.54) is 0 Å². The number of likely N-dealkylation sites (tertiary alicyclic amines) is 1. The normalized spacial score (nSPS) is 17.2. The third kappa shape index (κ3) is 4.51.